The van der Waals surface area contributed by atoms with Crippen LogP contribution in [0, 0.1) is 10.8 Å². The number of benzene rings is 4. The van der Waals surface area contributed by atoms with Crippen LogP contribution in [0.5, 0.6) is 11.5 Å². The maximum absolute atomic E-state index is 11.7. The number of phenolic OH excluding ortho intramolecular Hbond substituents is 2. The molecule has 0 radical (unpaired) electrons. The summed E-state index contributed by atoms with van der Waals surface area (Å²) in [4.78, 5) is 3.02. The van der Waals surface area contributed by atoms with E-state index in [-0.39, 0.29) is 22.3 Å². The molecule has 0 aliphatic carbocycles. The highest BCUT2D eigenvalue weighted by Crippen LogP contribution is 2.37. The van der Waals surface area contributed by atoms with Crippen molar-refractivity contribution >= 4 is 22.1 Å². The van der Waals surface area contributed by atoms with Gasteiger partial charge in [0.1, 0.15) is 44.9 Å². The lowest BCUT2D eigenvalue weighted by molar-refractivity contribution is 0.409. The molecule has 4 aromatic carbocycles. The number of hydrogen-bond donors (Lipinski definition) is 2. The molecule has 2 aromatic heterocycles. The van der Waals surface area contributed by atoms with Crippen LogP contribution in [0.1, 0.15) is 63.8 Å². The second-order valence-corrected chi connectivity index (χ2v) is 13.9. The minimum absolute atomic E-state index is 0.0173. The van der Waals surface area contributed by atoms with E-state index in [0.717, 1.165) is 46.0 Å². The molecule has 0 saturated heterocycles. The zero-order valence-corrected chi connectivity index (χ0v) is 25.6. The van der Waals surface area contributed by atoms with E-state index >= 15 is 0 Å². The molecule has 0 atom stereocenters. The van der Waals surface area contributed by atoms with Crippen molar-refractivity contribution in [3.63, 3.8) is 0 Å². The summed E-state index contributed by atoms with van der Waals surface area (Å²) in [5.41, 5.74) is 7.55. The van der Waals surface area contributed by atoms with Crippen molar-refractivity contribution < 1.29 is 10.2 Å². The molecule has 0 aliphatic heterocycles. The van der Waals surface area contributed by atoms with Crippen molar-refractivity contribution in [1.82, 2.24) is 30.0 Å². The first-order valence-corrected chi connectivity index (χ1v) is 14.7. The van der Waals surface area contributed by atoms with Gasteiger partial charge in [-0.3, -0.25) is 0 Å². The Morgan fingerprint density at radius 3 is 1.16 bits per heavy atom. The fraction of sp³-hybridized carbons (Fsp3) is 0.314. The van der Waals surface area contributed by atoms with Crippen LogP contribution in [0.15, 0.2) is 72.8 Å². The van der Waals surface area contributed by atoms with Gasteiger partial charge in [-0.05, 0) is 71.2 Å². The first kappa shape index (κ1) is 28.4. The average Bonchev–Trinajstić information content (AvgIpc) is 3.54. The van der Waals surface area contributed by atoms with E-state index in [1.54, 1.807) is 0 Å². The van der Waals surface area contributed by atoms with E-state index < -0.39 is 0 Å². The second-order valence-electron chi connectivity index (χ2n) is 13.9. The molecule has 6 aromatic rings. The standard InChI is InChI=1S/C35H38N6O2/c1-34(2,3)20-22-15-24(32(42)30(17-22)40-36-26-11-7-8-12-27(26)37-40)19-25-16-23(21-35(4,5)6)18-31(33(25)43)41-38-28-13-9-10-14-29(28)39-41/h7-18,42-43H,19-21H2,1-6H3. The van der Waals surface area contributed by atoms with Crippen molar-refractivity contribution in [1.29, 1.82) is 0 Å². The molecule has 0 saturated carbocycles. The number of aromatic nitrogens is 6. The Kier molecular flexibility index (Phi) is 6.95. The van der Waals surface area contributed by atoms with Crippen molar-refractivity contribution in [2.75, 3.05) is 0 Å². The highest BCUT2D eigenvalue weighted by atomic mass is 16.3. The van der Waals surface area contributed by atoms with Crippen molar-refractivity contribution in [3.05, 3.63) is 95.1 Å². The third kappa shape index (κ3) is 6.09. The number of hydrogen-bond acceptors (Lipinski definition) is 6. The molecule has 6 rings (SSSR count). The fourth-order valence-electron chi connectivity index (χ4n) is 5.63. The first-order chi connectivity index (χ1) is 20.3. The lowest BCUT2D eigenvalue weighted by atomic mass is 9.85. The highest BCUT2D eigenvalue weighted by molar-refractivity contribution is 5.74. The maximum Gasteiger partial charge on any atom is 0.146 e. The van der Waals surface area contributed by atoms with Gasteiger partial charge in [-0.1, -0.05) is 77.9 Å². The molecular weight excluding hydrogens is 536 g/mol. The largest absolute Gasteiger partial charge is 0.505 e. The Balaban J connectivity index is 1.50. The molecule has 8 nitrogen and oxygen atoms in total. The van der Waals surface area contributed by atoms with E-state index in [0.29, 0.717) is 28.9 Å². The van der Waals surface area contributed by atoms with Crippen molar-refractivity contribution in [2.24, 2.45) is 10.8 Å². The van der Waals surface area contributed by atoms with Crippen LogP contribution >= 0.6 is 0 Å². The van der Waals surface area contributed by atoms with Crippen LogP contribution in [0.4, 0.5) is 0 Å². The number of rotatable bonds is 6. The molecule has 0 unspecified atom stereocenters. The SMILES string of the molecule is CC(C)(C)Cc1cc(Cc2cc(CC(C)(C)C)cc(-n3nc4ccccc4n3)c2O)c(O)c(-n2nc3ccccc3n2)c1. The minimum atomic E-state index is 0.0173. The molecule has 220 valence electrons. The zero-order chi connectivity index (χ0) is 30.5. The van der Waals surface area contributed by atoms with Crippen LogP contribution in [0.25, 0.3) is 33.4 Å². The van der Waals surface area contributed by atoms with Crippen LogP contribution in [0.2, 0.25) is 0 Å². The van der Waals surface area contributed by atoms with Crippen LogP contribution in [-0.4, -0.2) is 40.2 Å². The number of aromatic hydroxyl groups is 2. The maximum atomic E-state index is 11.7. The van der Waals surface area contributed by atoms with Gasteiger partial charge in [0.05, 0.1) is 0 Å². The lowest BCUT2D eigenvalue weighted by Crippen LogP contribution is -2.12. The zero-order valence-electron chi connectivity index (χ0n) is 25.6. The van der Waals surface area contributed by atoms with E-state index in [4.69, 9.17) is 0 Å². The summed E-state index contributed by atoms with van der Waals surface area (Å²) in [6.07, 6.45) is 1.88. The highest BCUT2D eigenvalue weighted by Gasteiger charge is 2.22. The number of phenols is 2. The summed E-state index contributed by atoms with van der Waals surface area (Å²) < 4.78 is 0. The summed E-state index contributed by atoms with van der Waals surface area (Å²) in [6.45, 7) is 13.1. The monoisotopic (exact) mass is 574 g/mol. The smallest absolute Gasteiger partial charge is 0.146 e. The van der Waals surface area contributed by atoms with E-state index in [2.05, 4.69) is 61.9 Å². The number of fused-ring (bicyclic) bond motifs is 2. The van der Waals surface area contributed by atoms with Gasteiger partial charge in [-0.2, -0.15) is 0 Å². The molecule has 0 fully saturated rings. The Morgan fingerprint density at radius 1 is 0.535 bits per heavy atom. The Morgan fingerprint density at radius 2 is 0.860 bits per heavy atom. The summed E-state index contributed by atoms with van der Waals surface area (Å²) >= 11 is 0. The summed E-state index contributed by atoms with van der Waals surface area (Å²) in [5.74, 6) is 0.172. The normalized spacial score (nSPS) is 12.4. The van der Waals surface area contributed by atoms with Crippen molar-refractivity contribution in [2.45, 2.75) is 60.8 Å². The van der Waals surface area contributed by atoms with E-state index in [9.17, 15) is 10.2 Å². The third-order valence-electron chi connectivity index (χ3n) is 7.31. The topological polar surface area (TPSA) is 102 Å². The average molecular weight is 575 g/mol. The predicted octanol–water partition coefficient (Wildman–Crippen LogP) is 7.33. The molecule has 43 heavy (non-hydrogen) atoms. The quantitative estimate of drug-likeness (QED) is 0.216. The second kappa shape index (κ2) is 10.5. The number of nitrogens with zero attached hydrogens (tertiary/aromatic N) is 6. The van der Waals surface area contributed by atoms with Crippen LogP contribution < -0.4 is 0 Å². The predicted molar refractivity (Wildman–Crippen MR) is 170 cm³/mol. The molecule has 0 amide bonds. The Labute approximate surface area is 251 Å². The van der Waals surface area contributed by atoms with Gasteiger partial charge in [-0.25, -0.2) is 0 Å². The van der Waals surface area contributed by atoms with Gasteiger partial charge < -0.3 is 10.2 Å². The Bertz CT molecular complexity index is 1750. The van der Waals surface area contributed by atoms with Gasteiger partial charge in [0.15, 0.2) is 0 Å². The first-order valence-electron chi connectivity index (χ1n) is 14.7. The van der Waals surface area contributed by atoms with Crippen LogP contribution in [0.3, 0.4) is 0 Å². The summed E-state index contributed by atoms with van der Waals surface area (Å²) in [5, 5.41) is 41.9. The molecule has 0 spiro atoms. The molecule has 2 heterocycles. The third-order valence-corrected chi connectivity index (χ3v) is 7.31. The van der Waals surface area contributed by atoms with E-state index in [1.165, 1.54) is 9.59 Å². The van der Waals surface area contributed by atoms with Gasteiger partial charge >= 0.3 is 0 Å². The molecular formula is C35H38N6O2. The molecule has 8 heteroatoms. The minimum Gasteiger partial charge on any atom is -0.505 e. The molecule has 0 bridgehead atoms. The van der Waals surface area contributed by atoms with Gasteiger partial charge in [0, 0.05) is 17.5 Å². The van der Waals surface area contributed by atoms with Crippen LogP contribution in [-0.2, 0) is 19.3 Å². The van der Waals surface area contributed by atoms with Gasteiger partial charge in [-0.15, -0.1) is 30.0 Å². The molecule has 0 aliphatic rings. The van der Waals surface area contributed by atoms with Gasteiger partial charge in [0.2, 0.25) is 0 Å². The van der Waals surface area contributed by atoms with Crippen molar-refractivity contribution in [3.8, 4) is 22.9 Å². The van der Waals surface area contributed by atoms with Gasteiger partial charge in [0.25, 0.3) is 0 Å². The summed E-state index contributed by atoms with van der Waals surface area (Å²) in [6, 6.07) is 23.3. The van der Waals surface area contributed by atoms with E-state index in [1.807, 2.05) is 72.8 Å². The molecule has 2 N–H and O–H groups in total. The lowest BCUT2D eigenvalue weighted by Gasteiger charge is -2.22. The fourth-order valence-corrected chi connectivity index (χ4v) is 5.63. The summed E-state index contributed by atoms with van der Waals surface area (Å²) in [7, 11) is 0. The Hall–Kier alpha value is -4.72.